The summed E-state index contributed by atoms with van der Waals surface area (Å²) in [5.74, 6) is -1.12. The van der Waals surface area contributed by atoms with Crippen LogP contribution in [0.4, 0.5) is 18.9 Å². The Hall–Kier alpha value is -3.36. The van der Waals surface area contributed by atoms with Gasteiger partial charge in [-0.25, -0.2) is 9.78 Å². The maximum atomic E-state index is 13.0. The second kappa shape index (κ2) is 6.75. The number of anilines is 1. The summed E-state index contributed by atoms with van der Waals surface area (Å²) in [5.41, 5.74) is -1.12. The van der Waals surface area contributed by atoms with Gasteiger partial charge in [0, 0.05) is 17.1 Å². The maximum absolute atomic E-state index is 13.0. The summed E-state index contributed by atoms with van der Waals surface area (Å²) in [6, 6.07) is 6.58. The minimum absolute atomic E-state index is 0.0467. The highest BCUT2D eigenvalue weighted by Crippen LogP contribution is 2.33. The molecule has 2 heterocycles. The van der Waals surface area contributed by atoms with E-state index in [1.54, 1.807) is 6.92 Å². The van der Waals surface area contributed by atoms with E-state index in [-0.39, 0.29) is 11.1 Å². The molecule has 1 amide bonds. The number of furan rings is 1. The smallest absolute Gasteiger partial charge is 0.435 e. The lowest BCUT2D eigenvalue weighted by Crippen LogP contribution is -2.17. The molecule has 2 aromatic heterocycles. The maximum Gasteiger partial charge on any atom is 0.435 e. The van der Waals surface area contributed by atoms with Crippen LogP contribution in [0, 0.1) is 6.92 Å². The van der Waals surface area contributed by atoms with Gasteiger partial charge in [0.2, 0.25) is 0 Å². The van der Waals surface area contributed by atoms with E-state index in [1.807, 2.05) is 0 Å². The number of nitrogens with zero attached hydrogens (tertiary/aromatic N) is 1. The minimum atomic E-state index is -4.71. The molecule has 0 aliphatic heterocycles. The van der Waals surface area contributed by atoms with Gasteiger partial charge in [-0.05, 0) is 37.3 Å². The third-order valence-electron chi connectivity index (χ3n) is 3.84. The molecule has 6 nitrogen and oxygen atoms in total. The quantitative estimate of drug-likeness (QED) is 0.691. The zero-order chi connectivity index (χ0) is 19.8. The molecule has 140 valence electrons. The number of methoxy groups -OCH3 is 1. The number of halogens is 3. The molecular weight excluding hydrogens is 365 g/mol. The van der Waals surface area contributed by atoms with Crippen LogP contribution in [0.2, 0.25) is 0 Å². The van der Waals surface area contributed by atoms with Crippen molar-refractivity contribution in [3.63, 3.8) is 0 Å². The summed E-state index contributed by atoms with van der Waals surface area (Å²) in [6.45, 7) is 1.57. The number of aryl methyl sites for hydroxylation is 1. The van der Waals surface area contributed by atoms with E-state index in [1.165, 1.54) is 31.4 Å². The lowest BCUT2D eigenvalue weighted by atomic mass is 10.1. The van der Waals surface area contributed by atoms with E-state index in [0.29, 0.717) is 16.7 Å². The van der Waals surface area contributed by atoms with E-state index in [9.17, 15) is 22.8 Å². The number of ether oxygens (including phenoxy) is 1. The van der Waals surface area contributed by atoms with Crippen molar-refractivity contribution in [2.75, 3.05) is 12.4 Å². The Morgan fingerprint density at radius 3 is 2.63 bits per heavy atom. The van der Waals surface area contributed by atoms with Gasteiger partial charge >= 0.3 is 12.1 Å². The lowest BCUT2D eigenvalue weighted by molar-refractivity contribution is -0.140. The van der Waals surface area contributed by atoms with Gasteiger partial charge < -0.3 is 14.5 Å². The second-order valence-corrected chi connectivity index (χ2v) is 5.59. The highest BCUT2D eigenvalue weighted by molar-refractivity contribution is 6.10. The van der Waals surface area contributed by atoms with Crippen molar-refractivity contribution < 1.29 is 31.9 Å². The average Bonchev–Trinajstić information content (AvgIpc) is 2.95. The van der Waals surface area contributed by atoms with Crippen molar-refractivity contribution in [1.29, 1.82) is 0 Å². The first kappa shape index (κ1) is 18.4. The summed E-state index contributed by atoms with van der Waals surface area (Å²) < 4.78 is 49.2. The molecule has 0 atom stereocenters. The van der Waals surface area contributed by atoms with Gasteiger partial charge in [0.1, 0.15) is 16.9 Å². The van der Waals surface area contributed by atoms with Crippen molar-refractivity contribution in [2.45, 2.75) is 13.1 Å². The molecule has 0 aliphatic carbocycles. The zero-order valence-electron chi connectivity index (χ0n) is 14.2. The Morgan fingerprint density at radius 1 is 1.22 bits per heavy atom. The molecule has 3 rings (SSSR count). The van der Waals surface area contributed by atoms with Crippen LogP contribution < -0.4 is 5.32 Å². The number of carbonyl (C=O) groups is 2. The Morgan fingerprint density at radius 2 is 1.96 bits per heavy atom. The Bertz CT molecular complexity index is 1040. The summed E-state index contributed by atoms with van der Waals surface area (Å²) in [4.78, 5) is 27.6. The van der Waals surface area contributed by atoms with Crippen LogP contribution >= 0.6 is 0 Å². The molecule has 0 aliphatic rings. The average molecular weight is 378 g/mol. The van der Waals surface area contributed by atoms with Crippen LogP contribution in [0.3, 0.4) is 0 Å². The summed E-state index contributed by atoms with van der Waals surface area (Å²) in [6.07, 6.45) is -3.73. The molecule has 27 heavy (non-hydrogen) atoms. The third-order valence-corrected chi connectivity index (χ3v) is 3.84. The summed E-state index contributed by atoms with van der Waals surface area (Å²) in [5, 5.41) is 2.53. The first-order valence-corrected chi connectivity index (χ1v) is 7.67. The Balaban J connectivity index is 1.99. The zero-order valence-corrected chi connectivity index (χ0v) is 14.2. The number of benzene rings is 1. The molecule has 1 aromatic carbocycles. The first-order valence-electron chi connectivity index (χ1n) is 7.67. The highest BCUT2D eigenvalue weighted by Gasteiger charge is 2.35. The molecule has 0 bridgehead atoms. The fraction of sp³-hybridized carbons (Fsp3) is 0.167. The van der Waals surface area contributed by atoms with Crippen LogP contribution in [0.5, 0.6) is 0 Å². The molecule has 0 radical (unpaired) electrons. The standard InChI is InChI=1S/C18H13F3N2O4/c1-9-14(17(25)26-2)11-8-10(5-6-13(11)27-9)16(24)23-12-4-3-7-22-15(12)18(19,20)21/h3-8H,1-2H3,(H,23,24). The number of rotatable bonds is 3. The molecule has 0 saturated carbocycles. The molecule has 0 unspecified atom stereocenters. The molecule has 3 aromatic rings. The van der Waals surface area contributed by atoms with Crippen molar-refractivity contribution in [1.82, 2.24) is 4.98 Å². The predicted octanol–water partition coefficient (Wildman–Crippen LogP) is 4.19. The number of aromatic nitrogens is 1. The van der Waals surface area contributed by atoms with Crippen LogP contribution in [-0.2, 0) is 10.9 Å². The Kier molecular flexibility index (Phi) is 4.61. The summed E-state index contributed by atoms with van der Waals surface area (Å²) in [7, 11) is 1.21. The monoisotopic (exact) mass is 378 g/mol. The van der Waals surface area contributed by atoms with Crippen molar-refractivity contribution in [3.05, 3.63) is 59.1 Å². The molecule has 1 N–H and O–H groups in total. The number of alkyl halides is 3. The topological polar surface area (TPSA) is 81.4 Å². The highest BCUT2D eigenvalue weighted by atomic mass is 19.4. The number of nitrogens with one attached hydrogen (secondary N) is 1. The fourth-order valence-electron chi connectivity index (χ4n) is 2.64. The second-order valence-electron chi connectivity index (χ2n) is 5.59. The number of hydrogen-bond acceptors (Lipinski definition) is 5. The number of carbonyl (C=O) groups excluding carboxylic acids is 2. The van der Waals surface area contributed by atoms with Gasteiger partial charge in [-0.15, -0.1) is 0 Å². The number of pyridine rings is 1. The van der Waals surface area contributed by atoms with Gasteiger partial charge in [0.25, 0.3) is 5.91 Å². The van der Waals surface area contributed by atoms with E-state index in [2.05, 4.69) is 10.3 Å². The Labute approximate surface area is 150 Å². The van der Waals surface area contributed by atoms with Gasteiger partial charge in [0.05, 0.1) is 12.8 Å². The SMILES string of the molecule is COC(=O)c1c(C)oc2ccc(C(=O)Nc3cccnc3C(F)(F)F)cc12. The van der Waals surface area contributed by atoms with E-state index >= 15 is 0 Å². The molecular formula is C18H13F3N2O4. The van der Waals surface area contributed by atoms with E-state index in [0.717, 1.165) is 12.3 Å². The van der Waals surface area contributed by atoms with Gasteiger partial charge in [0.15, 0.2) is 5.69 Å². The van der Waals surface area contributed by atoms with Crippen molar-refractivity contribution in [3.8, 4) is 0 Å². The van der Waals surface area contributed by atoms with Crippen molar-refractivity contribution in [2.24, 2.45) is 0 Å². The molecule has 0 saturated heterocycles. The van der Waals surface area contributed by atoms with Gasteiger partial charge in [-0.2, -0.15) is 13.2 Å². The summed E-state index contributed by atoms with van der Waals surface area (Å²) >= 11 is 0. The van der Waals surface area contributed by atoms with E-state index in [4.69, 9.17) is 9.15 Å². The number of esters is 1. The third kappa shape index (κ3) is 3.48. The number of hydrogen-bond donors (Lipinski definition) is 1. The molecule has 9 heteroatoms. The largest absolute Gasteiger partial charge is 0.465 e. The van der Waals surface area contributed by atoms with E-state index < -0.39 is 29.4 Å². The predicted molar refractivity (Wildman–Crippen MR) is 89.5 cm³/mol. The number of amides is 1. The van der Waals surface area contributed by atoms with Gasteiger partial charge in [-0.3, -0.25) is 4.79 Å². The van der Waals surface area contributed by atoms with Crippen LogP contribution in [-0.4, -0.2) is 24.0 Å². The fourth-order valence-corrected chi connectivity index (χ4v) is 2.64. The van der Waals surface area contributed by atoms with Gasteiger partial charge in [-0.1, -0.05) is 0 Å². The normalized spacial score (nSPS) is 11.4. The van der Waals surface area contributed by atoms with Crippen LogP contribution in [0.1, 0.15) is 32.2 Å². The molecule has 0 fully saturated rings. The molecule has 0 spiro atoms. The minimum Gasteiger partial charge on any atom is -0.465 e. The van der Waals surface area contributed by atoms with Crippen LogP contribution in [0.15, 0.2) is 40.9 Å². The first-order chi connectivity index (χ1) is 12.7. The van der Waals surface area contributed by atoms with Crippen LogP contribution in [0.25, 0.3) is 11.0 Å². The lowest BCUT2D eigenvalue weighted by Gasteiger charge is -2.12. The number of fused-ring (bicyclic) bond motifs is 1. The van der Waals surface area contributed by atoms with Crippen molar-refractivity contribution >= 4 is 28.5 Å².